The molecule has 0 saturated carbocycles. The van der Waals surface area contributed by atoms with E-state index in [1.165, 1.54) is 6.21 Å². The number of carbonyl (C=O) groups is 2. The van der Waals surface area contributed by atoms with Gasteiger partial charge in [-0.05, 0) is 109 Å². The molecule has 0 radical (unpaired) electrons. The number of rotatable bonds is 13. The molecule has 8 nitrogen and oxygen atoms in total. The van der Waals surface area contributed by atoms with Crippen LogP contribution in [0, 0.1) is 0 Å². The summed E-state index contributed by atoms with van der Waals surface area (Å²) in [5, 5.41) is 5.05. The van der Waals surface area contributed by atoms with Gasteiger partial charge in [0, 0.05) is 10.0 Å². The van der Waals surface area contributed by atoms with Gasteiger partial charge in [-0.2, -0.15) is 5.10 Å². The molecule has 1 N–H and O–H groups in total. The summed E-state index contributed by atoms with van der Waals surface area (Å²) in [6.07, 6.45) is 2.09. The van der Waals surface area contributed by atoms with Gasteiger partial charge in [-0.1, -0.05) is 36.5 Å². The van der Waals surface area contributed by atoms with Crippen LogP contribution in [0.15, 0.2) is 102 Å². The summed E-state index contributed by atoms with van der Waals surface area (Å²) in [6, 6.07) is 26.4. The van der Waals surface area contributed by atoms with Crippen molar-refractivity contribution in [1.29, 1.82) is 0 Å². The molecule has 0 aliphatic carbocycles. The zero-order valence-corrected chi connectivity index (χ0v) is 24.2. The lowest BCUT2D eigenvalue weighted by atomic mass is 10.2. The molecule has 1 amide bonds. The van der Waals surface area contributed by atoms with Gasteiger partial charge in [0.05, 0.1) is 18.4 Å². The van der Waals surface area contributed by atoms with E-state index < -0.39 is 18.2 Å². The van der Waals surface area contributed by atoms with Crippen LogP contribution in [0.4, 0.5) is 0 Å². The van der Waals surface area contributed by atoms with Crippen molar-refractivity contribution in [1.82, 2.24) is 5.43 Å². The summed E-state index contributed by atoms with van der Waals surface area (Å²) in [7, 11) is 0. The number of hydrogen-bond donors (Lipinski definition) is 1. The van der Waals surface area contributed by atoms with Gasteiger partial charge in [-0.15, -0.1) is 0 Å². The lowest BCUT2D eigenvalue weighted by molar-refractivity contribution is -0.140. The van der Waals surface area contributed by atoms with Crippen molar-refractivity contribution in [3.05, 3.63) is 118 Å². The minimum absolute atomic E-state index is 0.359. The first-order valence-corrected chi connectivity index (χ1v) is 13.9. The monoisotopic (exact) mass is 606 g/mol. The Morgan fingerprint density at radius 1 is 0.762 bits per heavy atom. The topological polar surface area (TPSA) is 95.5 Å². The summed E-state index contributed by atoms with van der Waals surface area (Å²) < 4.78 is 22.5. The number of halogens is 2. The first kappa shape index (κ1) is 30.4. The average Bonchev–Trinajstić information content (AvgIpc) is 3.00. The Bertz CT molecular complexity index is 1430. The second kappa shape index (κ2) is 15.5. The second-order valence-electron chi connectivity index (χ2n) is 8.89. The smallest absolute Gasteiger partial charge is 0.343 e. The van der Waals surface area contributed by atoms with Crippen LogP contribution < -0.4 is 24.4 Å². The molecule has 0 spiro atoms. The van der Waals surface area contributed by atoms with Crippen LogP contribution in [0.2, 0.25) is 10.0 Å². The van der Waals surface area contributed by atoms with Crippen molar-refractivity contribution in [3.63, 3.8) is 0 Å². The molecule has 10 heteroatoms. The van der Waals surface area contributed by atoms with Crippen LogP contribution in [0.3, 0.4) is 0 Å². The van der Waals surface area contributed by atoms with Gasteiger partial charge < -0.3 is 18.9 Å². The van der Waals surface area contributed by atoms with Gasteiger partial charge in [0.15, 0.2) is 0 Å². The van der Waals surface area contributed by atoms with E-state index in [4.69, 9.17) is 42.1 Å². The minimum Gasteiger partial charge on any atom is -0.494 e. The fraction of sp³-hybridized carbons (Fsp3) is 0.156. The van der Waals surface area contributed by atoms with Crippen LogP contribution in [0.25, 0.3) is 0 Å². The van der Waals surface area contributed by atoms with E-state index in [1.807, 2.05) is 0 Å². The SMILES string of the molecule is CCCCOc1ccc(C(=O)Oc2ccc(/C=N/NC(=O)C(Oc3ccc(Cl)cc3)Oc3ccc(Cl)cc3)cc2)cc1. The van der Waals surface area contributed by atoms with Crippen LogP contribution in [-0.2, 0) is 4.79 Å². The summed E-state index contributed by atoms with van der Waals surface area (Å²) in [5.41, 5.74) is 3.47. The molecule has 42 heavy (non-hydrogen) atoms. The van der Waals surface area contributed by atoms with Crippen LogP contribution >= 0.6 is 23.2 Å². The average molecular weight is 607 g/mol. The van der Waals surface area contributed by atoms with Gasteiger partial charge >= 0.3 is 18.2 Å². The Kier molecular flexibility index (Phi) is 11.2. The lowest BCUT2D eigenvalue weighted by Gasteiger charge is -2.19. The number of amides is 1. The van der Waals surface area contributed by atoms with Crippen molar-refractivity contribution < 1.29 is 28.5 Å². The number of benzene rings is 4. The molecule has 4 aromatic carbocycles. The normalized spacial score (nSPS) is 10.9. The van der Waals surface area contributed by atoms with E-state index in [0.29, 0.717) is 50.8 Å². The third-order valence-electron chi connectivity index (χ3n) is 5.66. The van der Waals surface area contributed by atoms with E-state index in [0.717, 1.165) is 12.8 Å². The molecule has 0 aliphatic heterocycles. The van der Waals surface area contributed by atoms with Crippen molar-refractivity contribution in [2.24, 2.45) is 5.10 Å². The van der Waals surface area contributed by atoms with E-state index >= 15 is 0 Å². The molecule has 0 fully saturated rings. The van der Waals surface area contributed by atoms with Gasteiger partial charge in [0.25, 0.3) is 0 Å². The van der Waals surface area contributed by atoms with Crippen molar-refractivity contribution in [2.75, 3.05) is 6.61 Å². The molecular weight excluding hydrogens is 579 g/mol. The van der Waals surface area contributed by atoms with Crippen LogP contribution in [0.5, 0.6) is 23.0 Å². The quantitative estimate of drug-likeness (QED) is 0.0427. The van der Waals surface area contributed by atoms with Crippen molar-refractivity contribution >= 4 is 41.3 Å². The molecule has 0 atom stereocenters. The van der Waals surface area contributed by atoms with E-state index in [1.54, 1.807) is 97.1 Å². The highest BCUT2D eigenvalue weighted by Gasteiger charge is 2.22. The Morgan fingerprint density at radius 2 is 1.29 bits per heavy atom. The number of ether oxygens (including phenoxy) is 4. The molecule has 0 saturated heterocycles. The van der Waals surface area contributed by atoms with Crippen molar-refractivity contribution in [2.45, 2.75) is 26.1 Å². The van der Waals surface area contributed by atoms with Gasteiger partial charge in [0.2, 0.25) is 0 Å². The Morgan fingerprint density at radius 3 is 1.83 bits per heavy atom. The molecule has 0 unspecified atom stereocenters. The predicted molar refractivity (Wildman–Crippen MR) is 162 cm³/mol. The zero-order chi connectivity index (χ0) is 29.7. The highest BCUT2D eigenvalue weighted by molar-refractivity contribution is 6.30. The van der Waals surface area contributed by atoms with Crippen LogP contribution in [0.1, 0.15) is 35.7 Å². The molecule has 4 aromatic rings. The van der Waals surface area contributed by atoms with Gasteiger partial charge in [-0.25, -0.2) is 10.2 Å². The highest BCUT2D eigenvalue weighted by atomic mass is 35.5. The molecule has 216 valence electrons. The number of carbonyl (C=O) groups excluding carboxylic acids is 2. The fourth-order valence-corrected chi connectivity index (χ4v) is 3.69. The number of nitrogens with one attached hydrogen (secondary N) is 1. The third kappa shape index (κ3) is 9.54. The molecule has 0 bridgehead atoms. The highest BCUT2D eigenvalue weighted by Crippen LogP contribution is 2.21. The lowest BCUT2D eigenvalue weighted by Crippen LogP contribution is -2.40. The van der Waals surface area contributed by atoms with E-state index in [2.05, 4.69) is 17.5 Å². The maximum absolute atomic E-state index is 12.9. The number of esters is 1. The summed E-state index contributed by atoms with van der Waals surface area (Å²) in [5.74, 6) is 0.671. The largest absolute Gasteiger partial charge is 0.494 e. The Balaban J connectivity index is 1.33. The number of unbranched alkanes of at least 4 members (excludes halogenated alkanes) is 1. The summed E-state index contributed by atoms with van der Waals surface area (Å²) in [4.78, 5) is 25.4. The summed E-state index contributed by atoms with van der Waals surface area (Å²) in [6.45, 7) is 2.73. The first-order chi connectivity index (χ1) is 20.4. The fourth-order valence-electron chi connectivity index (χ4n) is 3.44. The van der Waals surface area contributed by atoms with Gasteiger partial charge in [0.1, 0.15) is 23.0 Å². The zero-order valence-electron chi connectivity index (χ0n) is 22.7. The third-order valence-corrected chi connectivity index (χ3v) is 6.17. The molecule has 0 heterocycles. The first-order valence-electron chi connectivity index (χ1n) is 13.1. The minimum atomic E-state index is -1.36. The Hall–Kier alpha value is -4.53. The van der Waals surface area contributed by atoms with E-state index in [9.17, 15) is 9.59 Å². The Labute approximate surface area is 253 Å². The maximum Gasteiger partial charge on any atom is 0.343 e. The maximum atomic E-state index is 12.9. The number of hydrogen-bond acceptors (Lipinski definition) is 7. The standard InChI is InChI=1S/C32H28Cl2N2O6/c1-2-3-20-39-26-14-6-23(7-15-26)31(38)40-27-12-4-22(5-13-27)21-35-36-30(37)32(41-28-16-8-24(33)9-17-28)42-29-18-10-25(34)11-19-29/h4-19,21,32H,2-3,20H2,1H3,(H,36,37)/b35-21+. The molecule has 0 aromatic heterocycles. The molecule has 0 aliphatic rings. The van der Waals surface area contributed by atoms with Crippen LogP contribution in [-0.4, -0.2) is 31.0 Å². The van der Waals surface area contributed by atoms with Gasteiger partial charge in [-0.3, -0.25) is 4.79 Å². The predicted octanol–water partition coefficient (Wildman–Crippen LogP) is 7.33. The number of hydrazone groups is 1. The summed E-state index contributed by atoms with van der Waals surface area (Å²) >= 11 is 11.9. The molecule has 4 rings (SSSR count). The second-order valence-corrected chi connectivity index (χ2v) is 9.77. The molecular formula is C32H28Cl2N2O6. The van der Waals surface area contributed by atoms with Crippen molar-refractivity contribution in [3.8, 4) is 23.0 Å². The van der Waals surface area contributed by atoms with E-state index in [-0.39, 0.29) is 0 Å². The number of nitrogens with zero attached hydrogens (tertiary/aromatic N) is 1.